The standard InChI is InChI=1S/C22H29FN4O2S.HI/c1-3-25-21(27-16-22(11-12-22)19-9-4-5-10-20(19)23)26-14-17-7-6-8-18(13-17)15-30(28,29)24-2;/h4-10,13,24H,3,11-12,14-16H2,1-2H3,(H2,25,26,27);1H. The van der Waals surface area contributed by atoms with Crippen molar-refractivity contribution in [1.29, 1.82) is 0 Å². The first-order valence-electron chi connectivity index (χ1n) is 10.1. The van der Waals surface area contributed by atoms with Crippen LogP contribution in [0.2, 0.25) is 0 Å². The molecule has 9 heteroatoms. The molecule has 31 heavy (non-hydrogen) atoms. The van der Waals surface area contributed by atoms with Gasteiger partial charge in [0, 0.05) is 18.5 Å². The van der Waals surface area contributed by atoms with Crippen LogP contribution in [0, 0.1) is 5.82 Å². The molecular weight excluding hydrogens is 530 g/mol. The maximum atomic E-state index is 14.2. The summed E-state index contributed by atoms with van der Waals surface area (Å²) in [5, 5.41) is 6.57. The Morgan fingerprint density at radius 2 is 1.81 bits per heavy atom. The van der Waals surface area contributed by atoms with Crippen LogP contribution in [0.3, 0.4) is 0 Å². The van der Waals surface area contributed by atoms with Crippen LogP contribution in [-0.4, -0.2) is 34.5 Å². The Bertz CT molecular complexity index is 1010. The first kappa shape index (κ1) is 25.5. The van der Waals surface area contributed by atoms with E-state index >= 15 is 0 Å². The molecule has 170 valence electrons. The van der Waals surface area contributed by atoms with Gasteiger partial charge in [-0.2, -0.15) is 0 Å². The molecule has 0 spiro atoms. The molecule has 3 rings (SSSR count). The highest BCUT2D eigenvalue weighted by molar-refractivity contribution is 14.0. The van der Waals surface area contributed by atoms with Gasteiger partial charge in [-0.1, -0.05) is 42.5 Å². The number of sulfonamides is 1. The summed E-state index contributed by atoms with van der Waals surface area (Å²) < 4.78 is 40.1. The van der Waals surface area contributed by atoms with Crippen molar-refractivity contribution in [1.82, 2.24) is 15.4 Å². The van der Waals surface area contributed by atoms with E-state index in [1.807, 2.05) is 37.3 Å². The Labute approximate surface area is 201 Å². The summed E-state index contributed by atoms with van der Waals surface area (Å²) in [6, 6.07) is 14.4. The number of nitrogens with one attached hydrogen (secondary N) is 3. The van der Waals surface area contributed by atoms with E-state index in [2.05, 4.69) is 20.3 Å². The lowest BCUT2D eigenvalue weighted by atomic mass is 9.95. The molecule has 1 saturated carbocycles. The van der Waals surface area contributed by atoms with Crippen LogP contribution in [0.5, 0.6) is 0 Å². The molecule has 1 fully saturated rings. The zero-order valence-electron chi connectivity index (χ0n) is 17.8. The van der Waals surface area contributed by atoms with Gasteiger partial charge in [0.1, 0.15) is 5.82 Å². The van der Waals surface area contributed by atoms with Crippen LogP contribution in [0.25, 0.3) is 0 Å². The topological polar surface area (TPSA) is 82.6 Å². The summed E-state index contributed by atoms with van der Waals surface area (Å²) in [7, 11) is -1.91. The third kappa shape index (κ3) is 7.15. The van der Waals surface area contributed by atoms with Gasteiger partial charge < -0.3 is 10.6 Å². The number of hydrogen-bond donors (Lipinski definition) is 3. The van der Waals surface area contributed by atoms with Crippen molar-refractivity contribution in [3.05, 3.63) is 71.0 Å². The van der Waals surface area contributed by atoms with E-state index in [1.165, 1.54) is 13.1 Å². The van der Waals surface area contributed by atoms with E-state index < -0.39 is 10.0 Å². The van der Waals surface area contributed by atoms with E-state index in [0.29, 0.717) is 31.2 Å². The van der Waals surface area contributed by atoms with Gasteiger partial charge >= 0.3 is 0 Å². The summed E-state index contributed by atoms with van der Waals surface area (Å²) in [6.45, 7) is 3.72. The third-order valence-electron chi connectivity index (χ3n) is 5.32. The molecule has 0 radical (unpaired) electrons. The van der Waals surface area contributed by atoms with Gasteiger partial charge in [-0.3, -0.25) is 0 Å². The van der Waals surface area contributed by atoms with Crippen molar-refractivity contribution in [2.45, 2.75) is 37.5 Å². The number of hydrogen-bond acceptors (Lipinski definition) is 3. The molecule has 2 aromatic rings. The fourth-order valence-corrected chi connectivity index (χ4v) is 4.22. The van der Waals surface area contributed by atoms with Gasteiger partial charge in [-0.25, -0.2) is 22.5 Å². The zero-order valence-corrected chi connectivity index (χ0v) is 21.0. The lowest BCUT2D eigenvalue weighted by Crippen LogP contribution is -2.41. The summed E-state index contributed by atoms with van der Waals surface area (Å²) in [6.07, 6.45) is 1.89. The fourth-order valence-electron chi connectivity index (χ4n) is 3.46. The minimum Gasteiger partial charge on any atom is -0.357 e. The summed E-state index contributed by atoms with van der Waals surface area (Å²) in [5.41, 5.74) is 2.22. The molecule has 0 unspecified atom stereocenters. The molecule has 0 aromatic heterocycles. The first-order chi connectivity index (χ1) is 14.4. The summed E-state index contributed by atoms with van der Waals surface area (Å²) in [4.78, 5) is 4.62. The van der Waals surface area contributed by atoms with Crippen molar-refractivity contribution < 1.29 is 12.8 Å². The molecule has 6 nitrogen and oxygen atoms in total. The molecule has 2 aromatic carbocycles. The van der Waals surface area contributed by atoms with E-state index in [4.69, 9.17) is 0 Å². The van der Waals surface area contributed by atoms with Crippen molar-refractivity contribution in [2.24, 2.45) is 4.99 Å². The zero-order chi connectivity index (χ0) is 21.6. The Morgan fingerprint density at radius 3 is 2.45 bits per heavy atom. The second-order valence-electron chi connectivity index (χ2n) is 7.59. The van der Waals surface area contributed by atoms with Crippen molar-refractivity contribution in [2.75, 3.05) is 20.1 Å². The lowest BCUT2D eigenvalue weighted by Gasteiger charge is -2.19. The minimum atomic E-state index is -3.32. The van der Waals surface area contributed by atoms with E-state index in [0.717, 1.165) is 24.0 Å². The second-order valence-corrected chi connectivity index (χ2v) is 9.52. The summed E-state index contributed by atoms with van der Waals surface area (Å²) >= 11 is 0. The SMILES string of the molecule is CCNC(=NCc1cccc(CS(=O)(=O)NC)c1)NCC1(c2ccccc2F)CC1.I. The lowest BCUT2D eigenvalue weighted by molar-refractivity contribution is 0.559. The van der Waals surface area contributed by atoms with E-state index in [-0.39, 0.29) is 41.0 Å². The first-order valence-corrected chi connectivity index (χ1v) is 11.8. The third-order valence-corrected chi connectivity index (χ3v) is 6.65. The molecule has 0 amide bonds. The Balaban J connectivity index is 0.00000341. The molecule has 0 saturated heterocycles. The molecule has 0 heterocycles. The van der Waals surface area contributed by atoms with Crippen LogP contribution in [0.1, 0.15) is 36.5 Å². The molecule has 0 aliphatic heterocycles. The van der Waals surface area contributed by atoms with E-state index in [1.54, 1.807) is 12.1 Å². The van der Waals surface area contributed by atoms with Crippen LogP contribution in [-0.2, 0) is 27.7 Å². The number of guanidine groups is 1. The number of nitrogens with zero attached hydrogens (tertiary/aromatic N) is 1. The van der Waals surface area contributed by atoms with Crippen molar-refractivity contribution in [3.63, 3.8) is 0 Å². The fraction of sp³-hybridized carbons (Fsp3) is 0.409. The highest BCUT2D eigenvalue weighted by Gasteiger charge is 2.45. The smallest absolute Gasteiger partial charge is 0.215 e. The molecule has 3 N–H and O–H groups in total. The highest BCUT2D eigenvalue weighted by atomic mass is 127. The average molecular weight is 560 g/mol. The Kier molecular flexibility index (Phi) is 9.26. The predicted octanol–water partition coefficient (Wildman–Crippen LogP) is 3.28. The van der Waals surface area contributed by atoms with Crippen LogP contribution >= 0.6 is 24.0 Å². The molecule has 0 bridgehead atoms. The van der Waals surface area contributed by atoms with E-state index in [9.17, 15) is 12.8 Å². The van der Waals surface area contributed by atoms with Gasteiger partial charge in [0.05, 0.1) is 12.3 Å². The number of aliphatic imine (C=N–C) groups is 1. The Hall–Kier alpha value is -1.72. The van der Waals surface area contributed by atoms with Crippen LogP contribution in [0.4, 0.5) is 4.39 Å². The predicted molar refractivity (Wildman–Crippen MR) is 134 cm³/mol. The normalized spacial score (nSPS) is 15.1. The van der Waals surface area contributed by atoms with Crippen LogP contribution < -0.4 is 15.4 Å². The van der Waals surface area contributed by atoms with Crippen LogP contribution in [0.15, 0.2) is 53.5 Å². The molecular formula is C22H30FIN4O2S. The monoisotopic (exact) mass is 560 g/mol. The highest BCUT2D eigenvalue weighted by Crippen LogP contribution is 2.48. The molecule has 1 aliphatic rings. The average Bonchev–Trinajstić information content (AvgIpc) is 3.51. The number of benzene rings is 2. The van der Waals surface area contributed by atoms with Gasteiger partial charge in [0.25, 0.3) is 0 Å². The number of halogens is 2. The quantitative estimate of drug-likeness (QED) is 0.250. The maximum Gasteiger partial charge on any atom is 0.215 e. The van der Waals surface area contributed by atoms with Gasteiger partial charge in [0.15, 0.2) is 5.96 Å². The molecule has 1 aliphatic carbocycles. The maximum absolute atomic E-state index is 14.2. The van der Waals surface area contributed by atoms with Gasteiger partial charge in [0.2, 0.25) is 10.0 Å². The number of rotatable bonds is 9. The summed E-state index contributed by atoms with van der Waals surface area (Å²) in [5.74, 6) is 0.435. The largest absolute Gasteiger partial charge is 0.357 e. The van der Waals surface area contributed by atoms with Crippen molar-refractivity contribution >= 4 is 40.0 Å². The van der Waals surface area contributed by atoms with Crippen molar-refractivity contribution in [3.8, 4) is 0 Å². The van der Waals surface area contributed by atoms with Gasteiger partial charge in [-0.15, -0.1) is 24.0 Å². The molecule has 0 atom stereocenters. The minimum absolute atomic E-state index is 0. The van der Waals surface area contributed by atoms with Gasteiger partial charge in [-0.05, 0) is 49.6 Å². The second kappa shape index (κ2) is 11.2. The Morgan fingerprint density at radius 1 is 1.10 bits per heavy atom.